The van der Waals surface area contributed by atoms with Crippen molar-refractivity contribution in [2.24, 2.45) is 7.05 Å². The molecule has 8 heteroatoms. The molecule has 0 aliphatic heterocycles. The number of nitrogens with one attached hydrogen (secondary N) is 1. The Morgan fingerprint density at radius 3 is 3.00 bits per heavy atom. The Hall–Kier alpha value is -2.48. The van der Waals surface area contributed by atoms with E-state index < -0.39 is 0 Å². The quantitative estimate of drug-likeness (QED) is 0.646. The first-order chi connectivity index (χ1) is 10.6. The summed E-state index contributed by atoms with van der Waals surface area (Å²) in [5, 5.41) is 8.82. The number of hydrogen-bond acceptors (Lipinski definition) is 6. The van der Waals surface area contributed by atoms with Crippen LogP contribution in [-0.2, 0) is 27.8 Å². The van der Waals surface area contributed by atoms with E-state index in [-0.39, 0.29) is 18.3 Å². The molecule has 1 N–H and O–H groups in total. The van der Waals surface area contributed by atoms with E-state index in [2.05, 4.69) is 15.4 Å². The number of aromatic nitrogens is 3. The third kappa shape index (κ3) is 4.81. The topological polar surface area (TPSA) is 86.1 Å². The minimum atomic E-state index is -0.331. The number of hydrogen-bond donors (Lipinski definition) is 1. The lowest BCUT2D eigenvalue weighted by molar-refractivity contribution is -0.142. The summed E-state index contributed by atoms with van der Waals surface area (Å²) in [6.45, 7) is 2.09. The van der Waals surface area contributed by atoms with Gasteiger partial charge in [-0.1, -0.05) is 0 Å². The van der Waals surface area contributed by atoms with Crippen LogP contribution in [0, 0.1) is 0 Å². The van der Waals surface area contributed by atoms with Crippen molar-refractivity contribution in [3.05, 3.63) is 35.1 Å². The van der Waals surface area contributed by atoms with Crippen LogP contribution < -0.4 is 5.32 Å². The summed E-state index contributed by atoms with van der Waals surface area (Å²) >= 11 is 1.26. The Balaban J connectivity index is 1.88. The Kier molecular flexibility index (Phi) is 5.42. The van der Waals surface area contributed by atoms with Crippen molar-refractivity contribution in [3.63, 3.8) is 0 Å². The van der Waals surface area contributed by atoms with E-state index in [0.717, 1.165) is 5.56 Å². The smallest absolute Gasteiger partial charge is 0.311 e. The highest BCUT2D eigenvalue weighted by Crippen LogP contribution is 2.16. The number of thiazole rings is 1. The van der Waals surface area contributed by atoms with E-state index >= 15 is 0 Å². The molecule has 0 saturated heterocycles. The van der Waals surface area contributed by atoms with Crippen LogP contribution in [0.5, 0.6) is 0 Å². The predicted octanol–water partition coefficient (Wildman–Crippen LogP) is 1.63. The third-order valence-electron chi connectivity index (χ3n) is 2.56. The maximum absolute atomic E-state index is 11.8. The lowest BCUT2D eigenvalue weighted by Gasteiger charge is -1.98. The predicted molar refractivity (Wildman–Crippen MR) is 83.3 cm³/mol. The van der Waals surface area contributed by atoms with Crippen LogP contribution in [0.4, 0.5) is 5.13 Å². The number of carbonyl (C=O) groups excluding carboxylic acids is 2. The van der Waals surface area contributed by atoms with Gasteiger partial charge in [0.2, 0.25) is 5.91 Å². The van der Waals surface area contributed by atoms with E-state index in [1.165, 1.54) is 17.4 Å². The number of ether oxygens (including phenoxy) is 1. The molecule has 2 aromatic rings. The Labute approximate surface area is 131 Å². The van der Waals surface area contributed by atoms with Gasteiger partial charge in [0, 0.05) is 30.3 Å². The largest absolute Gasteiger partial charge is 0.466 e. The summed E-state index contributed by atoms with van der Waals surface area (Å²) in [6, 6.07) is 0. The fraction of sp³-hybridized carbons (Fsp3) is 0.286. The van der Waals surface area contributed by atoms with Gasteiger partial charge in [0.15, 0.2) is 5.13 Å². The fourth-order valence-corrected chi connectivity index (χ4v) is 2.36. The summed E-state index contributed by atoms with van der Waals surface area (Å²) < 4.78 is 6.50. The molecule has 0 radical (unpaired) electrons. The lowest BCUT2D eigenvalue weighted by atomic mass is 10.3. The molecule has 2 aromatic heterocycles. The highest BCUT2D eigenvalue weighted by Gasteiger charge is 2.09. The number of rotatable bonds is 6. The van der Waals surface area contributed by atoms with Crippen molar-refractivity contribution >= 4 is 34.4 Å². The van der Waals surface area contributed by atoms with E-state index in [1.807, 2.05) is 0 Å². The summed E-state index contributed by atoms with van der Waals surface area (Å²) in [4.78, 5) is 27.3. The Bertz CT molecular complexity index is 690. The van der Waals surface area contributed by atoms with Crippen LogP contribution in [0.25, 0.3) is 6.08 Å². The van der Waals surface area contributed by atoms with E-state index in [4.69, 9.17) is 4.74 Å². The number of nitrogens with zero attached hydrogens (tertiary/aromatic N) is 3. The van der Waals surface area contributed by atoms with Crippen molar-refractivity contribution in [1.82, 2.24) is 14.8 Å². The van der Waals surface area contributed by atoms with Crippen LogP contribution in [0.15, 0.2) is 23.8 Å². The van der Waals surface area contributed by atoms with Crippen LogP contribution in [0.1, 0.15) is 18.2 Å². The molecule has 0 aliphatic rings. The number of anilines is 1. The Morgan fingerprint density at radius 1 is 1.50 bits per heavy atom. The van der Waals surface area contributed by atoms with Gasteiger partial charge in [-0.05, 0) is 13.0 Å². The number of aryl methyl sites for hydroxylation is 1. The van der Waals surface area contributed by atoms with E-state index in [0.29, 0.717) is 17.4 Å². The second kappa shape index (κ2) is 7.51. The molecule has 2 rings (SSSR count). The third-order valence-corrected chi connectivity index (χ3v) is 3.37. The van der Waals surface area contributed by atoms with Crippen molar-refractivity contribution in [3.8, 4) is 0 Å². The number of esters is 1. The Morgan fingerprint density at radius 2 is 2.32 bits per heavy atom. The van der Waals surface area contributed by atoms with Crippen LogP contribution in [-0.4, -0.2) is 33.2 Å². The van der Waals surface area contributed by atoms with Gasteiger partial charge in [-0.15, -0.1) is 11.3 Å². The van der Waals surface area contributed by atoms with Crippen molar-refractivity contribution in [1.29, 1.82) is 0 Å². The maximum atomic E-state index is 11.8. The van der Waals surface area contributed by atoms with Gasteiger partial charge in [0.1, 0.15) is 0 Å². The molecule has 0 spiro atoms. The molecule has 0 saturated carbocycles. The fourth-order valence-electron chi connectivity index (χ4n) is 1.65. The second-order valence-corrected chi connectivity index (χ2v) is 5.25. The minimum Gasteiger partial charge on any atom is -0.466 e. The molecule has 0 aliphatic carbocycles. The van der Waals surface area contributed by atoms with Crippen molar-refractivity contribution < 1.29 is 14.3 Å². The summed E-state index contributed by atoms with van der Waals surface area (Å²) in [6.07, 6.45) is 6.62. The second-order valence-electron chi connectivity index (χ2n) is 4.40. The van der Waals surface area contributed by atoms with Gasteiger partial charge in [0.25, 0.3) is 0 Å². The highest BCUT2D eigenvalue weighted by atomic mass is 32.1. The van der Waals surface area contributed by atoms with Gasteiger partial charge in [0.05, 0.1) is 24.9 Å². The number of amides is 1. The summed E-state index contributed by atoms with van der Waals surface area (Å²) in [5.41, 5.74) is 1.41. The molecule has 7 nitrogen and oxygen atoms in total. The molecule has 0 unspecified atom stereocenters. The van der Waals surface area contributed by atoms with Gasteiger partial charge in [-0.3, -0.25) is 19.6 Å². The molecular weight excluding hydrogens is 304 g/mol. The minimum absolute atomic E-state index is 0.103. The molecule has 116 valence electrons. The zero-order valence-corrected chi connectivity index (χ0v) is 13.1. The van der Waals surface area contributed by atoms with Gasteiger partial charge >= 0.3 is 5.97 Å². The molecular formula is C14H16N4O3S. The zero-order chi connectivity index (χ0) is 15.9. The molecule has 1 amide bonds. The van der Waals surface area contributed by atoms with Gasteiger partial charge in [-0.2, -0.15) is 5.10 Å². The first-order valence-corrected chi connectivity index (χ1v) is 7.52. The van der Waals surface area contributed by atoms with Crippen LogP contribution in [0.2, 0.25) is 0 Å². The van der Waals surface area contributed by atoms with E-state index in [9.17, 15) is 9.59 Å². The average Bonchev–Trinajstić information content (AvgIpc) is 3.06. The number of carbonyl (C=O) groups is 2. The first-order valence-electron chi connectivity index (χ1n) is 6.64. The molecule has 0 fully saturated rings. The van der Waals surface area contributed by atoms with Gasteiger partial charge in [-0.25, -0.2) is 4.98 Å². The normalized spacial score (nSPS) is 10.8. The van der Waals surface area contributed by atoms with E-state index in [1.54, 1.807) is 42.5 Å². The molecule has 0 aromatic carbocycles. The maximum Gasteiger partial charge on any atom is 0.311 e. The van der Waals surface area contributed by atoms with Gasteiger partial charge < -0.3 is 4.74 Å². The van der Waals surface area contributed by atoms with Crippen LogP contribution >= 0.6 is 11.3 Å². The molecule has 22 heavy (non-hydrogen) atoms. The molecule has 0 atom stereocenters. The lowest BCUT2D eigenvalue weighted by Crippen LogP contribution is -2.09. The van der Waals surface area contributed by atoms with Crippen molar-refractivity contribution in [2.45, 2.75) is 13.3 Å². The summed E-state index contributed by atoms with van der Waals surface area (Å²) in [7, 11) is 1.80. The standard InChI is InChI=1S/C14H16N4O3S/c1-3-21-13(20)6-11-9-22-14(16-11)17-12(19)5-4-10-7-15-18(2)8-10/h4-5,7-9H,3,6H2,1-2H3,(H,16,17,19)/b5-4+. The molecule has 0 bridgehead atoms. The zero-order valence-electron chi connectivity index (χ0n) is 12.3. The average molecular weight is 320 g/mol. The summed E-state index contributed by atoms with van der Waals surface area (Å²) in [5.74, 6) is -0.622. The highest BCUT2D eigenvalue weighted by molar-refractivity contribution is 7.14. The first kappa shape index (κ1) is 15.9. The van der Waals surface area contributed by atoms with Crippen LogP contribution in [0.3, 0.4) is 0 Å². The molecule has 2 heterocycles. The van der Waals surface area contributed by atoms with Crippen molar-refractivity contribution in [2.75, 3.05) is 11.9 Å². The monoisotopic (exact) mass is 320 g/mol. The SMILES string of the molecule is CCOC(=O)Cc1csc(NC(=O)/C=C/c2cnn(C)c2)n1.